The quantitative estimate of drug-likeness (QED) is 0.596. The van der Waals surface area contributed by atoms with Gasteiger partial charge in [-0.1, -0.05) is 0 Å². The van der Waals surface area contributed by atoms with Crippen molar-refractivity contribution in [3.8, 4) is 0 Å². The number of hydrogen-bond donors (Lipinski definition) is 1. The molecule has 0 heterocycles. The highest BCUT2D eigenvalue weighted by Gasteiger charge is 2.45. The fourth-order valence-corrected chi connectivity index (χ4v) is 1.09. The molecule has 0 aromatic rings. The molecule has 100 valence electrons. The molecule has 0 aromatic carbocycles. The first-order valence-electron chi connectivity index (χ1n) is 5.56. The van der Waals surface area contributed by atoms with Crippen molar-refractivity contribution >= 4 is 12.0 Å². The first kappa shape index (κ1) is 16.0. The van der Waals surface area contributed by atoms with Crippen LogP contribution in [0.1, 0.15) is 33.6 Å². The van der Waals surface area contributed by atoms with Gasteiger partial charge in [0.05, 0.1) is 13.5 Å². The number of nitrogens with zero attached hydrogens (tertiary/aromatic N) is 1. The van der Waals surface area contributed by atoms with E-state index in [0.717, 1.165) is 0 Å². The van der Waals surface area contributed by atoms with Crippen molar-refractivity contribution in [2.24, 2.45) is 5.73 Å². The van der Waals surface area contributed by atoms with Crippen LogP contribution in [-0.2, 0) is 14.4 Å². The molecule has 0 saturated heterocycles. The monoisotopic (exact) mass is 247 g/mol. The SMILES string of the molecule is CO[N+](C)(C(=O)CCCN)C(=O)OC(C)(C)C. The maximum Gasteiger partial charge on any atom is 0.557 e. The molecule has 2 N–H and O–H groups in total. The van der Waals surface area contributed by atoms with Crippen molar-refractivity contribution in [3.63, 3.8) is 0 Å². The fourth-order valence-electron chi connectivity index (χ4n) is 1.09. The Kier molecular flexibility index (Phi) is 5.74. The van der Waals surface area contributed by atoms with Crippen molar-refractivity contribution in [2.45, 2.75) is 39.2 Å². The lowest BCUT2D eigenvalue weighted by molar-refractivity contribution is -0.964. The van der Waals surface area contributed by atoms with Crippen molar-refractivity contribution in [1.29, 1.82) is 0 Å². The van der Waals surface area contributed by atoms with Crippen LogP contribution in [0.2, 0.25) is 0 Å². The molecular formula is C11H23N2O4+. The molecule has 0 aromatic heterocycles. The van der Waals surface area contributed by atoms with Crippen LogP contribution in [0, 0.1) is 0 Å². The summed E-state index contributed by atoms with van der Waals surface area (Å²) in [6.07, 6.45) is -0.0270. The van der Waals surface area contributed by atoms with Crippen LogP contribution in [0.4, 0.5) is 4.79 Å². The maximum atomic E-state index is 11.9. The van der Waals surface area contributed by atoms with E-state index in [1.165, 1.54) is 14.2 Å². The van der Waals surface area contributed by atoms with Crippen molar-refractivity contribution in [3.05, 3.63) is 0 Å². The molecule has 0 bridgehead atoms. The number of quaternary nitrogens is 1. The molecular weight excluding hydrogens is 224 g/mol. The molecule has 17 heavy (non-hydrogen) atoms. The number of ether oxygens (including phenoxy) is 1. The summed E-state index contributed by atoms with van der Waals surface area (Å²) in [4.78, 5) is 28.7. The Bertz CT molecular complexity index is 286. The van der Waals surface area contributed by atoms with Gasteiger partial charge in [-0.25, -0.2) is 4.79 Å². The number of hydroxylamine groups is 3. The Morgan fingerprint density at radius 2 is 1.82 bits per heavy atom. The standard InChI is InChI=1S/C11H23N2O4/c1-11(2,3)17-10(15)13(4,16-5)9(14)7-6-8-12/h6-8,12H2,1-5H3/q+1. The second-order valence-electron chi connectivity index (χ2n) is 4.87. The predicted octanol–water partition coefficient (Wildman–Crippen LogP) is 1.20. The number of carbonyl (C=O) groups excluding carboxylic acids is 2. The van der Waals surface area contributed by atoms with Crippen LogP contribution < -0.4 is 5.73 Å². The molecule has 1 atom stereocenters. The molecule has 0 fully saturated rings. The summed E-state index contributed by atoms with van der Waals surface area (Å²) in [6, 6.07) is 0. The van der Waals surface area contributed by atoms with E-state index in [9.17, 15) is 9.59 Å². The molecule has 0 aliphatic carbocycles. The minimum atomic E-state index is -0.822. The van der Waals surface area contributed by atoms with Gasteiger partial charge in [0.1, 0.15) is 12.6 Å². The third kappa shape index (κ3) is 4.80. The van der Waals surface area contributed by atoms with Gasteiger partial charge in [0.25, 0.3) is 0 Å². The van der Waals surface area contributed by atoms with Gasteiger partial charge in [-0.2, -0.15) is 9.63 Å². The topological polar surface area (TPSA) is 78.6 Å². The van der Waals surface area contributed by atoms with Crippen LogP contribution in [0.5, 0.6) is 0 Å². The van der Waals surface area contributed by atoms with Crippen molar-refractivity contribution < 1.29 is 23.8 Å². The van der Waals surface area contributed by atoms with E-state index < -0.39 is 16.3 Å². The van der Waals surface area contributed by atoms with Gasteiger partial charge in [0.15, 0.2) is 0 Å². The van der Waals surface area contributed by atoms with Crippen LogP contribution in [0.3, 0.4) is 0 Å². The lowest BCUT2D eigenvalue weighted by Crippen LogP contribution is -2.54. The molecule has 0 saturated carbocycles. The molecule has 0 radical (unpaired) electrons. The van der Waals surface area contributed by atoms with Crippen molar-refractivity contribution in [2.75, 3.05) is 20.7 Å². The van der Waals surface area contributed by atoms with Crippen LogP contribution in [-0.4, -0.2) is 43.0 Å². The summed E-state index contributed by atoms with van der Waals surface area (Å²) < 4.78 is 4.33. The average molecular weight is 247 g/mol. The third-order valence-corrected chi connectivity index (χ3v) is 2.18. The third-order valence-electron chi connectivity index (χ3n) is 2.18. The number of nitrogens with two attached hydrogens (primary N) is 1. The summed E-state index contributed by atoms with van der Waals surface area (Å²) in [5.41, 5.74) is 4.66. The number of rotatable bonds is 4. The predicted molar refractivity (Wildman–Crippen MR) is 62.7 cm³/mol. The Morgan fingerprint density at radius 1 is 1.29 bits per heavy atom. The number of hydrogen-bond acceptors (Lipinski definition) is 5. The molecule has 1 unspecified atom stereocenters. The van der Waals surface area contributed by atoms with E-state index in [-0.39, 0.29) is 12.3 Å². The van der Waals surface area contributed by atoms with Gasteiger partial charge in [-0.05, 0) is 38.4 Å². The second kappa shape index (κ2) is 6.09. The largest absolute Gasteiger partial charge is 0.557 e. The normalized spacial score (nSPS) is 15.2. The lowest BCUT2D eigenvalue weighted by atomic mass is 10.2. The van der Waals surface area contributed by atoms with E-state index in [4.69, 9.17) is 15.3 Å². The highest BCUT2D eigenvalue weighted by atomic mass is 16.8. The Balaban J connectivity index is 4.76. The highest BCUT2D eigenvalue weighted by molar-refractivity contribution is 5.80. The zero-order valence-corrected chi connectivity index (χ0v) is 11.3. The number of imide groups is 1. The number of carbonyl (C=O) groups is 2. The van der Waals surface area contributed by atoms with Gasteiger partial charge in [0.2, 0.25) is 0 Å². The molecule has 0 spiro atoms. The summed E-state index contributed by atoms with van der Waals surface area (Å²) in [5.74, 6) is -0.368. The molecule has 6 nitrogen and oxygen atoms in total. The van der Waals surface area contributed by atoms with Crippen LogP contribution in [0.15, 0.2) is 0 Å². The summed E-state index contributed by atoms with van der Waals surface area (Å²) in [5, 5.41) is 0. The van der Waals surface area contributed by atoms with E-state index in [1.807, 2.05) is 0 Å². The first-order chi connectivity index (χ1) is 7.67. The van der Waals surface area contributed by atoms with Gasteiger partial charge < -0.3 is 10.5 Å². The van der Waals surface area contributed by atoms with E-state index in [0.29, 0.717) is 13.0 Å². The summed E-state index contributed by atoms with van der Waals surface area (Å²) in [6.45, 7) is 5.59. The summed E-state index contributed by atoms with van der Waals surface area (Å²) >= 11 is 0. The molecule has 2 amide bonds. The van der Waals surface area contributed by atoms with Gasteiger partial charge in [-0.15, -0.1) is 0 Å². The molecule has 0 rings (SSSR count). The Hall–Kier alpha value is -0.980. The smallest absolute Gasteiger partial charge is 0.412 e. The minimum absolute atomic E-state index is 0.181. The molecule has 0 aliphatic rings. The average Bonchev–Trinajstić information content (AvgIpc) is 2.22. The summed E-state index contributed by atoms with van der Waals surface area (Å²) in [7, 11) is 2.66. The Labute approximate surface area is 102 Å². The zero-order valence-electron chi connectivity index (χ0n) is 11.3. The van der Waals surface area contributed by atoms with Gasteiger partial charge >= 0.3 is 12.0 Å². The van der Waals surface area contributed by atoms with Gasteiger partial charge in [0, 0.05) is 0 Å². The van der Waals surface area contributed by atoms with Crippen molar-refractivity contribution in [1.82, 2.24) is 0 Å². The minimum Gasteiger partial charge on any atom is -0.412 e. The molecule has 0 aliphatic heterocycles. The lowest BCUT2D eigenvalue weighted by Gasteiger charge is -2.27. The fraction of sp³-hybridized carbons (Fsp3) is 0.818. The highest BCUT2D eigenvalue weighted by Crippen LogP contribution is 2.16. The maximum absolute atomic E-state index is 11.9. The second-order valence-corrected chi connectivity index (χ2v) is 4.87. The zero-order chi connectivity index (χ0) is 13.7. The first-order valence-corrected chi connectivity index (χ1v) is 5.56. The van der Waals surface area contributed by atoms with E-state index in [1.54, 1.807) is 20.8 Å². The van der Waals surface area contributed by atoms with Crippen LogP contribution >= 0.6 is 0 Å². The van der Waals surface area contributed by atoms with Gasteiger partial charge in [-0.3, -0.25) is 0 Å². The molecule has 6 heteroatoms. The number of amides is 2. The van der Waals surface area contributed by atoms with Crippen LogP contribution in [0.25, 0.3) is 0 Å². The van der Waals surface area contributed by atoms with E-state index >= 15 is 0 Å². The van der Waals surface area contributed by atoms with E-state index in [2.05, 4.69) is 0 Å². The Morgan fingerprint density at radius 3 is 2.18 bits per heavy atom.